The molecule has 3 heterocycles. The predicted octanol–water partition coefficient (Wildman–Crippen LogP) is 1.47. The standard InChI is InChI=1S/C26H36F2N6O6/c1-25(22(37)31(2)23(38)33(25)10-15-12-40-13-15)9-14-3-5-17(6-4-14)34-21(36)18(19(29)30)20(35)32(24(34)39)11-16-7-8-26(16,27)28/h14-17,35H,3-13H2,1-2H3,(H3,29,30)/t14?,16-,17?,25-/m0/s1. The number of carbonyl (C=O) groups excluding carboxylic acids is 2. The zero-order valence-corrected chi connectivity index (χ0v) is 22.7. The van der Waals surface area contributed by atoms with Crippen LogP contribution >= 0.6 is 0 Å². The van der Waals surface area contributed by atoms with Crippen molar-refractivity contribution in [3.05, 3.63) is 26.4 Å². The molecule has 0 spiro atoms. The van der Waals surface area contributed by atoms with Crippen molar-refractivity contribution in [1.82, 2.24) is 18.9 Å². The first kappa shape index (κ1) is 28.2. The second-order valence-electron chi connectivity index (χ2n) is 12.0. The number of halogens is 2. The molecule has 2 atom stereocenters. The number of nitrogens with two attached hydrogens (primary N) is 1. The molecule has 4 aliphatic rings. The molecular weight excluding hydrogens is 530 g/mol. The van der Waals surface area contributed by atoms with Crippen molar-refractivity contribution in [2.24, 2.45) is 23.5 Å². The van der Waals surface area contributed by atoms with Gasteiger partial charge in [0.25, 0.3) is 17.4 Å². The molecule has 14 heteroatoms. The van der Waals surface area contributed by atoms with Gasteiger partial charge in [-0.15, -0.1) is 0 Å². The fourth-order valence-corrected chi connectivity index (χ4v) is 6.64. The highest BCUT2D eigenvalue weighted by molar-refractivity contribution is 6.06. The number of hydrogen-bond donors (Lipinski definition) is 3. The van der Waals surface area contributed by atoms with E-state index in [-0.39, 0.29) is 36.6 Å². The van der Waals surface area contributed by atoms with Crippen LogP contribution in [0.1, 0.15) is 63.5 Å². The number of nitrogens with zero attached hydrogens (tertiary/aromatic N) is 4. The van der Waals surface area contributed by atoms with Crippen molar-refractivity contribution in [3.63, 3.8) is 0 Å². The van der Waals surface area contributed by atoms with Crippen molar-refractivity contribution >= 4 is 17.8 Å². The maximum atomic E-state index is 14.0. The number of likely N-dealkylation sites (N-methyl/N-ethyl adjacent to an activating group) is 1. The smallest absolute Gasteiger partial charge is 0.334 e. The number of aromatic nitrogens is 2. The SMILES string of the molecule is CN1C(=O)N(CC2COC2)[C@@](C)(CC2CCC(n3c(=O)c(C(=N)N)c(O)n(C[C@@H]4CCC4(F)F)c3=O)CC2)C1=O. The van der Waals surface area contributed by atoms with E-state index in [2.05, 4.69) is 0 Å². The number of amidine groups is 1. The summed E-state index contributed by atoms with van der Waals surface area (Å²) in [6.45, 7) is 2.81. The minimum absolute atomic E-state index is 0.0284. The number of ether oxygens (including phenoxy) is 1. The van der Waals surface area contributed by atoms with Crippen LogP contribution in [0.4, 0.5) is 13.6 Å². The van der Waals surface area contributed by atoms with Crippen LogP contribution in [0.25, 0.3) is 0 Å². The van der Waals surface area contributed by atoms with E-state index in [4.69, 9.17) is 15.9 Å². The lowest BCUT2D eigenvalue weighted by molar-refractivity contribution is -0.138. The molecule has 4 N–H and O–H groups in total. The van der Waals surface area contributed by atoms with E-state index in [1.54, 1.807) is 11.8 Å². The van der Waals surface area contributed by atoms with E-state index in [1.165, 1.54) is 7.05 Å². The molecule has 4 fully saturated rings. The normalized spacial score (nSPS) is 30.4. The summed E-state index contributed by atoms with van der Waals surface area (Å²) < 4.78 is 34.9. The number of rotatable bonds is 8. The van der Waals surface area contributed by atoms with Crippen LogP contribution in [0, 0.1) is 23.2 Å². The van der Waals surface area contributed by atoms with E-state index in [9.17, 15) is 33.1 Å². The van der Waals surface area contributed by atoms with Crippen molar-refractivity contribution < 1.29 is 28.2 Å². The molecule has 1 aromatic rings. The minimum Gasteiger partial charge on any atom is -0.494 e. The van der Waals surface area contributed by atoms with E-state index in [1.807, 2.05) is 0 Å². The summed E-state index contributed by atoms with van der Waals surface area (Å²) in [5.41, 5.74) is 2.14. The number of carbonyl (C=O) groups is 2. The molecule has 5 rings (SSSR count). The van der Waals surface area contributed by atoms with E-state index in [0.717, 1.165) is 14.0 Å². The van der Waals surface area contributed by atoms with E-state index >= 15 is 0 Å². The fraction of sp³-hybridized carbons (Fsp3) is 0.731. The topological polar surface area (TPSA) is 164 Å². The number of aromatic hydroxyl groups is 1. The molecule has 2 aliphatic carbocycles. The second-order valence-corrected chi connectivity index (χ2v) is 12.0. The highest BCUT2D eigenvalue weighted by atomic mass is 19.3. The Morgan fingerprint density at radius 3 is 2.23 bits per heavy atom. The zero-order chi connectivity index (χ0) is 29.1. The summed E-state index contributed by atoms with van der Waals surface area (Å²) in [7, 11) is 1.48. The highest BCUT2D eigenvalue weighted by Crippen LogP contribution is 2.45. The number of nitrogen functional groups attached to an aromatic ring is 1. The molecule has 220 valence electrons. The molecule has 2 saturated heterocycles. The van der Waals surface area contributed by atoms with Crippen LogP contribution in [0.2, 0.25) is 0 Å². The molecule has 2 aliphatic heterocycles. The zero-order valence-electron chi connectivity index (χ0n) is 22.7. The van der Waals surface area contributed by atoms with Gasteiger partial charge in [0.2, 0.25) is 5.88 Å². The maximum absolute atomic E-state index is 14.0. The van der Waals surface area contributed by atoms with Gasteiger partial charge in [-0.05, 0) is 51.4 Å². The van der Waals surface area contributed by atoms with Gasteiger partial charge in [-0.25, -0.2) is 18.4 Å². The van der Waals surface area contributed by atoms with Gasteiger partial charge in [0.15, 0.2) is 0 Å². The summed E-state index contributed by atoms with van der Waals surface area (Å²) in [6, 6.07) is -0.930. The van der Waals surface area contributed by atoms with Crippen LogP contribution in [-0.4, -0.2) is 80.1 Å². The molecule has 40 heavy (non-hydrogen) atoms. The number of hydrogen-bond acceptors (Lipinski definition) is 7. The number of nitrogens with one attached hydrogen (secondary N) is 1. The Kier molecular flexibility index (Phi) is 7.04. The summed E-state index contributed by atoms with van der Waals surface area (Å²) in [5.74, 6) is -5.83. The average molecular weight is 567 g/mol. The van der Waals surface area contributed by atoms with Crippen LogP contribution in [0.5, 0.6) is 5.88 Å². The molecule has 0 unspecified atom stereocenters. The Balaban J connectivity index is 1.36. The number of imide groups is 1. The molecule has 0 radical (unpaired) electrons. The van der Waals surface area contributed by atoms with Gasteiger partial charge >= 0.3 is 11.7 Å². The Bertz CT molecular complexity index is 1350. The second kappa shape index (κ2) is 9.96. The average Bonchev–Trinajstić information content (AvgIpc) is 3.01. The first-order valence-corrected chi connectivity index (χ1v) is 13.7. The van der Waals surface area contributed by atoms with Crippen molar-refractivity contribution in [2.45, 2.75) is 75.9 Å². The number of alkyl halides is 2. The number of amides is 3. The van der Waals surface area contributed by atoms with Crippen LogP contribution < -0.4 is 17.0 Å². The van der Waals surface area contributed by atoms with E-state index in [0.29, 0.717) is 51.9 Å². The lowest BCUT2D eigenvalue weighted by Gasteiger charge is -2.40. The van der Waals surface area contributed by atoms with Gasteiger partial charge < -0.3 is 20.5 Å². The van der Waals surface area contributed by atoms with Gasteiger partial charge in [0, 0.05) is 44.4 Å². The van der Waals surface area contributed by atoms with E-state index < -0.39 is 58.5 Å². The first-order valence-electron chi connectivity index (χ1n) is 13.7. The Morgan fingerprint density at radius 1 is 1.07 bits per heavy atom. The summed E-state index contributed by atoms with van der Waals surface area (Å²) >= 11 is 0. The van der Waals surface area contributed by atoms with Crippen molar-refractivity contribution in [3.8, 4) is 5.88 Å². The molecule has 2 saturated carbocycles. The van der Waals surface area contributed by atoms with Crippen molar-refractivity contribution in [2.75, 3.05) is 26.8 Å². The predicted molar refractivity (Wildman–Crippen MR) is 139 cm³/mol. The van der Waals surface area contributed by atoms with Gasteiger partial charge in [-0.1, -0.05) is 0 Å². The number of urea groups is 1. The Labute approximate surface area is 229 Å². The molecule has 12 nitrogen and oxygen atoms in total. The Hall–Kier alpha value is -3.29. The fourth-order valence-electron chi connectivity index (χ4n) is 6.64. The third-order valence-corrected chi connectivity index (χ3v) is 9.34. The maximum Gasteiger partial charge on any atom is 0.334 e. The van der Waals surface area contributed by atoms with Crippen LogP contribution in [0.15, 0.2) is 9.59 Å². The monoisotopic (exact) mass is 566 g/mol. The molecule has 0 aromatic carbocycles. The summed E-state index contributed by atoms with van der Waals surface area (Å²) in [5, 5.41) is 18.4. The largest absolute Gasteiger partial charge is 0.494 e. The van der Waals surface area contributed by atoms with Gasteiger partial charge in [0.1, 0.15) is 16.9 Å². The molecular formula is C26H36F2N6O6. The van der Waals surface area contributed by atoms with Crippen LogP contribution in [0.3, 0.4) is 0 Å². The lowest BCUT2D eigenvalue weighted by atomic mass is 9.77. The van der Waals surface area contributed by atoms with Gasteiger partial charge in [-0.3, -0.25) is 29.0 Å². The highest BCUT2D eigenvalue weighted by Gasteiger charge is 2.54. The van der Waals surface area contributed by atoms with Crippen molar-refractivity contribution in [1.29, 1.82) is 5.41 Å². The summed E-state index contributed by atoms with van der Waals surface area (Å²) in [6.07, 6.45) is 2.14. The third kappa shape index (κ3) is 4.49. The van der Waals surface area contributed by atoms with Crippen LogP contribution in [-0.2, 0) is 16.1 Å². The molecule has 3 amide bonds. The third-order valence-electron chi connectivity index (χ3n) is 9.34. The lowest BCUT2D eigenvalue weighted by Crippen LogP contribution is -2.52. The molecule has 0 bridgehead atoms. The quantitative estimate of drug-likeness (QED) is 0.244. The van der Waals surface area contributed by atoms with Gasteiger partial charge in [0.05, 0.1) is 13.2 Å². The minimum atomic E-state index is -2.98. The molecule has 1 aromatic heterocycles. The summed E-state index contributed by atoms with van der Waals surface area (Å²) in [4.78, 5) is 55.4. The van der Waals surface area contributed by atoms with Gasteiger partial charge in [-0.2, -0.15) is 0 Å². The Morgan fingerprint density at radius 2 is 1.73 bits per heavy atom. The first-order chi connectivity index (χ1) is 18.8.